The van der Waals surface area contributed by atoms with Crippen LogP contribution in [0.1, 0.15) is 32.6 Å². The van der Waals surface area contributed by atoms with Gasteiger partial charge in [-0.25, -0.2) is 0 Å². The molecule has 0 spiro atoms. The lowest BCUT2D eigenvalue weighted by atomic mass is 10.00. The molecule has 1 N–H and O–H groups in total. The number of aryl methyl sites for hydroxylation is 1. The smallest absolute Gasteiger partial charge is 0.354 e. The standard InChI is InChI=1S/C23H15BrF3NO/c1-13-12-16(10-11-19(13)24)28-21-17-4-2-3-5-18(17)22(29)20(21)14-6-8-15(9-7-14)23(25,26)27/h2-12,28H,1H3. The highest BCUT2D eigenvalue weighted by Gasteiger charge is 2.33. The van der Waals surface area contributed by atoms with Crippen molar-refractivity contribution in [1.82, 2.24) is 0 Å². The second kappa shape index (κ2) is 7.19. The van der Waals surface area contributed by atoms with Crippen molar-refractivity contribution in [2.75, 3.05) is 5.32 Å². The molecular formula is C23H15BrF3NO. The number of fused-ring (bicyclic) bond motifs is 1. The second-order valence-corrected chi connectivity index (χ2v) is 7.64. The van der Waals surface area contributed by atoms with Crippen LogP contribution in [0.5, 0.6) is 0 Å². The summed E-state index contributed by atoms with van der Waals surface area (Å²) in [5.41, 5.74) is 3.71. The zero-order chi connectivity index (χ0) is 20.8. The number of anilines is 1. The summed E-state index contributed by atoms with van der Waals surface area (Å²) in [5.74, 6) is -0.211. The fourth-order valence-corrected chi connectivity index (χ4v) is 3.63. The Morgan fingerprint density at radius 2 is 1.55 bits per heavy atom. The van der Waals surface area contributed by atoms with Crippen LogP contribution < -0.4 is 5.32 Å². The minimum absolute atomic E-state index is 0.211. The van der Waals surface area contributed by atoms with Crippen LogP contribution >= 0.6 is 15.9 Å². The van der Waals surface area contributed by atoms with Gasteiger partial charge in [0.05, 0.1) is 16.8 Å². The molecule has 0 amide bonds. The van der Waals surface area contributed by atoms with Gasteiger partial charge in [0.25, 0.3) is 0 Å². The van der Waals surface area contributed by atoms with E-state index in [0.717, 1.165) is 33.4 Å². The van der Waals surface area contributed by atoms with Crippen molar-refractivity contribution >= 4 is 38.7 Å². The molecule has 0 saturated carbocycles. The third-order valence-corrected chi connectivity index (χ3v) is 5.74. The van der Waals surface area contributed by atoms with Gasteiger partial charge < -0.3 is 5.32 Å². The number of hydrogen-bond donors (Lipinski definition) is 1. The van der Waals surface area contributed by atoms with Crippen LogP contribution in [0, 0.1) is 6.92 Å². The van der Waals surface area contributed by atoms with E-state index in [1.165, 1.54) is 12.1 Å². The molecular weight excluding hydrogens is 443 g/mol. The summed E-state index contributed by atoms with van der Waals surface area (Å²) in [4.78, 5) is 13.1. The van der Waals surface area contributed by atoms with Crippen molar-refractivity contribution in [3.63, 3.8) is 0 Å². The van der Waals surface area contributed by atoms with Gasteiger partial charge in [0, 0.05) is 21.3 Å². The van der Waals surface area contributed by atoms with Crippen LogP contribution in [0.2, 0.25) is 0 Å². The van der Waals surface area contributed by atoms with Crippen LogP contribution in [0.4, 0.5) is 18.9 Å². The van der Waals surface area contributed by atoms with Gasteiger partial charge in [-0.1, -0.05) is 52.3 Å². The first-order chi connectivity index (χ1) is 13.8. The summed E-state index contributed by atoms with van der Waals surface area (Å²) < 4.78 is 39.7. The first-order valence-electron chi connectivity index (χ1n) is 8.85. The predicted molar refractivity (Wildman–Crippen MR) is 112 cm³/mol. The molecule has 1 aliphatic carbocycles. The van der Waals surface area contributed by atoms with E-state index in [-0.39, 0.29) is 5.78 Å². The first-order valence-corrected chi connectivity index (χ1v) is 9.64. The number of Topliss-reactive ketones (excluding diaryl/α,β-unsaturated/α-hetero) is 1. The average Bonchev–Trinajstić information content (AvgIpc) is 2.96. The van der Waals surface area contributed by atoms with Crippen molar-refractivity contribution < 1.29 is 18.0 Å². The maximum Gasteiger partial charge on any atom is 0.416 e. The highest BCUT2D eigenvalue weighted by atomic mass is 79.9. The zero-order valence-electron chi connectivity index (χ0n) is 15.3. The van der Waals surface area contributed by atoms with Crippen LogP contribution in [-0.4, -0.2) is 5.78 Å². The number of hydrogen-bond acceptors (Lipinski definition) is 2. The van der Waals surface area contributed by atoms with Gasteiger partial charge in [0.15, 0.2) is 5.78 Å². The molecule has 4 rings (SSSR count). The van der Waals surface area contributed by atoms with Gasteiger partial charge in [-0.05, 0) is 48.4 Å². The topological polar surface area (TPSA) is 29.1 Å². The molecule has 0 fully saturated rings. The number of nitrogens with one attached hydrogen (secondary N) is 1. The predicted octanol–water partition coefficient (Wildman–Crippen LogP) is 6.95. The zero-order valence-corrected chi connectivity index (χ0v) is 16.9. The molecule has 0 aliphatic heterocycles. The van der Waals surface area contributed by atoms with Gasteiger partial charge in [-0.3, -0.25) is 4.79 Å². The maximum atomic E-state index is 13.1. The fourth-order valence-electron chi connectivity index (χ4n) is 3.38. The molecule has 0 radical (unpaired) electrons. The maximum absolute atomic E-state index is 13.1. The lowest BCUT2D eigenvalue weighted by Gasteiger charge is -2.13. The molecule has 1 aliphatic rings. The molecule has 6 heteroatoms. The Bertz CT molecular complexity index is 1150. The highest BCUT2D eigenvalue weighted by molar-refractivity contribution is 9.10. The minimum Gasteiger partial charge on any atom is -0.354 e. The monoisotopic (exact) mass is 457 g/mol. The molecule has 3 aromatic rings. The molecule has 29 heavy (non-hydrogen) atoms. The lowest BCUT2D eigenvalue weighted by molar-refractivity contribution is -0.137. The molecule has 0 atom stereocenters. The number of alkyl halides is 3. The van der Waals surface area contributed by atoms with Gasteiger partial charge in [0.2, 0.25) is 0 Å². The van der Waals surface area contributed by atoms with E-state index >= 15 is 0 Å². The van der Waals surface area contributed by atoms with Crippen molar-refractivity contribution in [2.45, 2.75) is 13.1 Å². The minimum atomic E-state index is -4.43. The van der Waals surface area contributed by atoms with Crippen LogP contribution in [0.25, 0.3) is 11.3 Å². The number of allylic oxidation sites excluding steroid dienone is 1. The van der Waals surface area contributed by atoms with E-state index in [2.05, 4.69) is 21.2 Å². The second-order valence-electron chi connectivity index (χ2n) is 6.79. The number of rotatable bonds is 3. The molecule has 2 nitrogen and oxygen atoms in total. The van der Waals surface area contributed by atoms with Crippen LogP contribution in [-0.2, 0) is 6.18 Å². The fraction of sp³-hybridized carbons (Fsp3) is 0.0870. The van der Waals surface area contributed by atoms with E-state index in [9.17, 15) is 18.0 Å². The Morgan fingerprint density at radius 1 is 0.897 bits per heavy atom. The Kier molecular flexibility index (Phi) is 4.82. The summed E-state index contributed by atoms with van der Waals surface area (Å²) in [5, 5.41) is 3.30. The van der Waals surface area contributed by atoms with Gasteiger partial charge in [0.1, 0.15) is 0 Å². The number of carbonyl (C=O) groups is 1. The third kappa shape index (κ3) is 3.60. The van der Waals surface area contributed by atoms with Gasteiger partial charge >= 0.3 is 6.18 Å². The summed E-state index contributed by atoms with van der Waals surface area (Å²) >= 11 is 3.46. The summed E-state index contributed by atoms with van der Waals surface area (Å²) in [6.45, 7) is 1.95. The van der Waals surface area contributed by atoms with Crippen molar-refractivity contribution in [2.24, 2.45) is 0 Å². The quantitative estimate of drug-likeness (QED) is 0.460. The van der Waals surface area contributed by atoms with E-state index in [1.54, 1.807) is 12.1 Å². The van der Waals surface area contributed by atoms with Crippen LogP contribution in [0.3, 0.4) is 0 Å². The SMILES string of the molecule is Cc1cc(NC2=C(c3ccc(C(F)(F)F)cc3)C(=O)c3ccccc32)ccc1Br. The Hall–Kier alpha value is -2.86. The lowest BCUT2D eigenvalue weighted by Crippen LogP contribution is -2.06. The van der Waals surface area contributed by atoms with Crippen molar-refractivity contribution in [1.29, 1.82) is 0 Å². The normalized spacial score (nSPS) is 13.6. The van der Waals surface area contributed by atoms with E-state index in [1.807, 2.05) is 37.3 Å². The van der Waals surface area contributed by atoms with Gasteiger partial charge in [-0.2, -0.15) is 13.2 Å². The van der Waals surface area contributed by atoms with Crippen LogP contribution in [0.15, 0.2) is 71.2 Å². The number of ketones is 1. The number of carbonyl (C=O) groups excluding carboxylic acids is 1. The number of benzene rings is 3. The Morgan fingerprint density at radius 3 is 2.17 bits per heavy atom. The van der Waals surface area contributed by atoms with Crippen molar-refractivity contribution in [3.05, 3.63) is 99.0 Å². The summed E-state index contributed by atoms with van der Waals surface area (Å²) in [6, 6.07) is 17.6. The molecule has 0 bridgehead atoms. The molecule has 0 saturated heterocycles. The third-order valence-electron chi connectivity index (χ3n) is 4.85. The molecule has 0 unspecified atom stereocenters. The Balaban J connectivity index is 1.84. The van der Waals surface area contributed by atoms with Crippen molar-refractivity contribution in [3.8, 4) is 0 Å². The first kappa shape index (κ1) is 19.5. The summed E-state index contributed by atoms with van der Waals surface area (Å²) in [6.07, 6.45) is -4.43. The Labute approximate surface area is 174 Å². The largest absolute Gasteiger partial charge is 0.416 e. The van der Waals surface area contributed by atoms with E-state index < -0.39 is 11.7 Å². The summed E-state index contributed by atoms with van der Waals surface area (Å²) in [7, 11) is 0. The van der Waals surface area contributed by atoms with E-state index in [0.29, 0.717) is 22.4 Å². The number of halogens is 4. The molecule has 0 heterocycles. The highest BCUT2D eigenvalue weighted by Crippen LogP contribution is 2.40. The average molecular weight is 458 g/mol. The van der Waals surface area contributed by atoms with Gasteiger partial charge in [-0.15, -0.1) is 0 Å². The molecule has 3 aromatic carbocycles. The molecule has 0 aromatic heterocycles. The van der Waals surface area contributed by atoms with E-state index in [4.69, 9.17) is 0 Å². The molecule has 146 valence electrons.